The summed E-state index contributed by atoms with van der Waals surface area (Å²) in [4.78, 5) is 24.9. The van der Waals surface area contributed by atoms with Gasteiger partial charge in [0, 0.05) is 6.54 Å². The maximum atomic E-state index is 12.4. The summed E-state index contributed by atoms with van der Waals surface area (Å²) >= 11 is 0. The molecule has 21 heavy (non-hydrogen) atoms. The number of carbonyl (C=O) groups excluding carboxylic acids is 1. The molecule has 0 spiro atoms. The topological polar surface area (TPSA) is 100 Å². The first-order chi connectivity index (χ1) is 10.2. The molecule has 8 nitrogen and oxygen atoms in total. The van der Waals surface area contributed by atoms with Crippen molar-refractivity contribution in [2.75, 3.05) is 19.6 Å². The summed E-state index contributed by atoms with van der Waals surface area (Å²) in [5.41, 5.74) is 0.238. The lowest BCUT2D eigenvalue weighted by molar-refractivity contribution is -0.141. The molecule has 0 bridgehead atoms. The van der Waals surface area contributed by atoms with Gasteiger partial charge in [-0.15, -0.1) is 5.10 Å². The van der Waals surface area contributed by atoms with E-state index in [9.17, 15) is 9.59 Å². The number of rotatable bonds is 3. The van der Waals surface area contributed by atoms with E-state index >= 15 is 0 Å². The minimum Gasteiger partial charge on any atom is -0.480 e. The van der Waals surface area contributed by atoms with Gasteiger partial charge in [-0.1, -0.05) is 5.21 Å². The minimum atomic E-state index is -0.952. The summed E-state index contributed by atoms with van der Waals surface area (Å²) in [6.07, 6.45) is 4.78. The molecule has 1 atom stereocenters. The van der Waals surface area contributed by atoms with Crippen LogP contribution >= 0.6 is 0 Å². The highest BCUT2D eigenvalue weighted by Gasteiger charge is 2.35. The van der Waals surface area contributed by atoms with Crippen molar-refractivity contribution in [2.45, 2.75) is 37.8 Å². The Morgan fingerprint density at radius 2 is 2.05 bits per heavy atom. The van der Waals surface area contributed by atoms with Gasteiger partial charge in [-0.25, -0.2) is 9.48 Å². The summed E-state index contributed by atoms with van der Waals surface area (Å²) in [6, 6.07) is -0.476. The zero-order valence-corrected chi connectivity index (χ0v) is 11.7. The number of aromatic nitrogens is 3. The number of hydrogen-bond donors (Lipinski definition) is 2. The molecule has 3 heterocycles. The molecule has 0 aliphatic carbocycles. The van der Waals surface area contributed by atoms with Crippen molar-refractivity contribution >= 4 is 11.9 Å². The monoisotopic (exact) mass is 293 g/mol. The Morgan fingerprint density at radius 3 is 2.76 bits per heavy atom. The van der Waals surface area contributed by atoms with E-state index in [1.54, 1.807) is 10.9 Å². The molecule has 1 aromatic heterocycles. The van der Waals surface area contributed by atoms with Crippen molar-refractivity contribution in [3.05, 3.63) is 11.9 Å². The number of carboxylic acids is 1. The highest BCUT2D eigenvalue weighted by atomic mass is 16.4. The fourth-order valence-electron chi connectivity index (χ4n) is 3.04. The Labute approximate surface area is 122 Å². The van der Waals surface area contributed by atoms with Gasteiger partial charge in [0.1, 0.15) is 6.04 Å². The lowest BCUT2D eigenvalue weighted by Gasteiger charge is -2.22. The van der Waals surface area contributed by atoms with Crippen molar-refractivity contribution in [1.29, 1.82) is 0 Å². The van der Waals surface area contributed by atoms with Crippen LogP contribution in [0.2, 0.25) is 0 Å². The minimum absolute atomic E-state index is 0.238. The first-order valence-electron chi connectivity index (χ1n) is 7.33. The van der Waals surface area contributed by atoms with Gasteiger partial charge in [-0.3, -0.25) is 4.79 Å². The van der Waals surface area contributed by atoms with E-state index in [2.05, 4.69) is 15.6 Å². The quantitative estimate of drug-likeness (QED) is 0.806. The smallest absolute Gasteiger partial charge is 0.326 e. The fraction of sp³-hybridized carbons (Fsp3) is 0.692. The van der Waals surface area contributed by atoms with Gasteiger partial charge in [-0.2, -0.15) is 0 Å². The number of nitrogens with one attached hydrogen (secondary N) is 1. The molecule has 2 fully saturated rings. The largest absolute Gasteiger partial charge is 0.480 e. The van der Waals surface area contributed by atoms with E-state index in [1.165, 1.54) is 4.90 Å². The summed E-state index contributed by atoms with van der Waals surface area (Å²) in [5.74, 6) is -1.29. The maximum Gasteiger partial charge on any atom is 0.326 e. The molecule has 0 aromatic carbocycles. The predicted molar refractivity (Wildman–Crippen MR) is 72.9 cm³/mol. The van der Waals surface area contributed by atoms with Gasteiger partial charge < -0.3 is 15.3 Å². The average Bonchev–Trinajstić information content (AvgIpc) is 3.17. The average molecular weight is 293 g/mol. The van der Waals surface area contributed by atoms with Gasteiger partial charge in [-0.05, 0) is 38.8 Å². The highest BCUT2D eigenvalue weighted by Crippen LogP contribution is 2.21. The van der Waals surface area contributed by atoms with Crippen molar-refractivity contribution < 1.29 is 14.7 Å². The van der Waals surface area contributed by atoms with Gasteiger partial charge in [0.05, 0.1) is 12.2 Å². The first-order valence-corrected chi connectivity index (χ1v) is 7.33. The molecule has 8 heteroatoms. The van der Waals surface area contributed by atoms with Crippen LogP contribution in [0.5, 0.6) is 0 Å². The van der Waals surface area contributed by atoms with E-state index < -0.39 is 12.0 Å². The second-order valence-electron chi connectivity index (χ2n) is 5.56. The summed E-state index contributed by atoms with van der Waals surface area (Å²) in [7, 11) is 0. The molecule has 3 rings (SSSR count). The SMILES string of the molecule is O=C(O)C1CCCN1C(=O)c1cn(C2CCNCC2)nn1. The third-order valence-corrected chi connectivity index (χ3v) is 4.21. The molecule has 2 N–H and O–H groups in total. The van der Waals surface area contributed by atoms with Crippen LogP contribution in [0.1, 0.15) is 42.2 Å². The van der Waals surface area contributed by atoms with Crippen LogP contribution in [0.15, 0.2) is 6.20 Å². The van der Waals surface area contributed by atoms with E-state index in [4.69, 9.17) is 5.11 Å². The van der Waals surface area contributed by atoms with E-state index in [0.717, 1.165) is 25.9 Å². The normalized spacial score (nSPS) is 23.4. The molecular formula is C13H19N5O3. The Kier molecular flexibility index (Phi) is 3.87. The summed E-state index contributed by atoms with van der Waals surface area (Å²) in [6.45, 7) is 2.33. The number of likely N-dealkylation sites (tertiary alicyclic amines) is 1. The second kappa shape index (κ2) is 5.80. The number of nitrogens with zero attached hydrogens (tertiary/aromatic N) is 4. The predicted octanol–water partition coefficient (Wildman–Crippen LogP) is -0.108. The van der Waals surface area contributed by atoms with Crippen LogP contribution in [0.4, 0.5) is 0 Å². The lowest BCUT2D eigenvalue weighted by atomic mass is 10.1. The molecule has 0 saturated carbocycles. The zero-order valence-electron chi connectivity index (χ0n) is 11.7. The van der Waals surface area contributed by atoms with Crippen molar-refractivity contribution in [1.82, 2.24) is 25.2 Å². The van der Waals surface area contributed by atoms with Crippen LogP contribution in [0.3, 0.4) is 0 Å². The molecule has 114 valence electrons. The van der Waals surface area contributed by atoms with Crippen LogP contribution in [0, 0.1) is 0 Å². The van der Waals surface area contributed by atoms with Crippen LogP contribution in [0.25, 0.3) is 0 Å². The molecule has 2 aliphatic heterocycles. The number of hydrogen-bond acceptors (Lipinski definition) is 5. The highest BCUT2D eigenvalue weighted by molar-refractivity contribution is 5.95. The molecule has 2 saturated heterocycles. The maximum absolute atomic E-state index is 12.4. The summed E-state index contributed by atoms with van der Waals surface area (Å²) in [5, 5.41) is 20.4. The van der Waals surface area contributed by atoms with E-state index in [-0.39, 0.29) is 17.6 Å². The Balaban J connectivity index is 1.73. The van der Waals surface area contributed by atoms with Gasteiger partial charge >= 0.3 is 5.97 Å². The van der Waals surface area contributed by atoms with Crippen molar-refractivity contribution in [2.24, 2.45) is 0 Å². The zero-order chi connectivity index (χ0) is 14.8. The van der Waals surface area contributed by atoms with E-state index in [0.29, 0.717) is 19.4 Å². The number of carboxylic acid groups (broad SMARTS) is 1. The van der Waals surface area contributed by atoms with Crippen LogP contribution in [-0.4, -0.2) is 62.6 Å². The van der Waals surface area contributed by atoms with Crippen LogP contribution in [-0.2, 0) is 4.79 Å². The fourth-order valence-corrected chi connectivity index (χ4v) is 3.04. The molecule has 2 aliphatic rings. The van der Waals surface area contributed by atoms with Gasteiger partial charge in [0.25, 0.3) is 5.91 Å². The lowest BCUT2D eigenvalue weighted by Crippen LogP contribution is -2.40. The first kappa shape index (κ1) is 14.0. The number of piperidine rings is 1. The molecular weight excluding hydrogens is 274 g/mol. The summed E-state index contributed by atoms with van der Waals surface area (Å²) < 4.78 is 1.74. The van der Waals surface area contributed by atoms with E-state index in [1.807, 2.05) is 0 Å². The molecule has 0 radical (unpaired) electrons. The second-order valence-corrected chi connectivity index (χ2v) is 5.56. The van der Waals surface area contributed by atoms with Gasteiger partial charge in [0.2, 0.25) is 0 Å². The van der Waals surface area contributed by atoms with Crippen molar-refractivity contribution in [3.8, 4) is 0 Å². The third kappa shape index (κ3) is 2.76. The standard InChI is InChI=1S/C13H19N5O3/c19-12(17-7-1-2-11(17)13(20)21)10-8-18(16-15-10)9-3-5-14-6-4-9/h8-9,11,14H,1-7H2,(H,20,21). The molecule has 1 amide bonds. The Hall–Kier alpha value is -1.96. The number of amides is 1. The Bertz CT molecular complexity index is 538. The van der Waals surface area contributed by atoms with Crippen LogP contribution < -0.4 is 5.32 Å². The Morgan fingerprint density at radius 1 is 1.29 bits per heavy atom. The molecule has 1 aromatic rings. The number of aliphatic carboxylic acids is 1. The van der Waals surface area contributed by atoms with Gasteiger partial charge in [0.15, 0.2) is 5.69 Å². The third-order valence-electron chi connectivity index (χ3n) is 4.21. The number of carbonyl (C=O) groups is 2. The molecule has 1 unspecified atom stereocenters. The van der Waals surface area contributed by atoms with Crippen molar-refractivity contribution in [3.63, 3.8) is 0 Å².